The van der Waals surface area contributed by atoms with E-state index in [1.54, 1.807) is 13.0 Å². The topological polar surface area (TPSA) is 71.7 Å². The number of anilines is 2. The van der Waals surface area contributed by atoms with Crippen LogP contribution in [0.2, 0.25) is 0 Å². The van der Waals surface area contributed by atoms with E-state index in [0.717, 1.165) is 25.3 Å². The second-order valence-electron chi connectivity index (χ2n) is 5.52. The van der Waals surface area contributed by atoms with Gasteiger partial charge in [-0.05, 0) is 39.4 Å². The van der Waals surface area contributed by atoms with E-state index in [1.165, 1.54) is 12.6 Å². The molecule has 0 spiro atoms. The summed E-state index contributed by atoms with van der Waals surface area (Å²) < 4.78 is 5.03. The highest BCUT2D eigenvalue weighted by molar-refractivity contribution is 5.95. The van der Waals surface area contributed by atoms with Gasteiger partial charge in [-0.1, -0.05) is 0 Å². The first kappa shape index (κ1) is 15.6. The van der Waals surface area contributed by atoms with E-state index in [9.17, 15) is 4.79 Å². The number of nitrogen functional groups attached to an aromatic ring is 1. The van der Waals surface area contributed by atoms with Crippen LogP contribution in [-0.2, 0) is 4.74 Å². The molecule has 0 radical (unpaired) electrons. The third kappa shape index (κ3) is 3.64. The number of carbonyl (C=O) groups excluding carboxylic acids is 1. The Hall–Kier alpha value is -1.82. The number of likely N-dealkylation sites (N-methyl/N-ethyl adjacent to an activating group) is 2. The van der Waals surface area contributed by atoms with Gasteiger partial charge in [0.25, 0.3) is 0 Å². The van der Waals surface area contributed by atoms with Gasteiger partial charge in [-0.2, -0.15) is 0 Å². The number of nitrogens with zero attached hydrogens (tertiary/aromatic N) is 3. The molecule has 2 rings (SSSR count). The van der Waals surface area contributed by atoms with E-state index >= 15 is 0 Å². The SMILES string of the molecule is CCOC(=O)c1cc(N(C)C2CCCN(C)C2)ncc1N. The molecular weight excluding hydrogens is 268 g/mol. The molecule has 116 valence electrons. The monoisotopic (exact) mass is 292 g/mol. The number of nitrogens with two attached hydrogens (primary N) is 1. The van der Waals surface area contributed by atoms with Crippen LogP contribution >= 0.6 is 0 Å². The van der Waals surface area contributed by atoms with E-state index in [0.29, 0.717) is 23.9 Å². The molecular formula is C15H24N4O2. The fraction of sp³-hybridized carbons (Fsp3) is 0.600. The van der Waals surface area contributed by atoms with Crippen molar-refractivity contribution in [1.82, 2.24) is 9.88 Å². The van der Waals surface area contributed by atoms with Crippen LogP contribution in [-0.4, -0.2) is 55.7 Å². The first-order valence-electron chi connectivity index (χ1n) is 7.37. The van der Waals surface area contributed by atoms with Crippen molar-refractivity contribution in [2.45, 2.75) is 25.8 Å². The summed E-state index contributed by atoms with van der Waals surface area (Å²) >= 11 is 0. The van der Waals surface area contributed by atoms with Gasteiger partial charge in [0, 0.05) is 19.6 Å². The minimum absolute atomic E-state index is 0.333. The van der Waals surface area contributed by atoms with E-state index in [4.69, 9.17) is 10.5 Å². The smallest absolute Gasteiger partial charge is 0.340 e. The molecule has 1 unspecified atom stereocenters. The number of piperidine rings is 1. The highest BCUT2D eigenvalue weighted by Crippen LogP contribution is 2.23. The lowest BCUT2D eigenvalue weighted by Crippen LogP contribution is -2.45. The Labute approximate surface area is 125 Å². The van der Waals surface area contributed by atoms with Crippen molar-refractivity contribution in [3.63, 3.8) is 0 Å². The van der Waals surface area contributed by atoms with Crippen LogP contribution in [0.25, 0.3) is 0 Å². The van der Waals surface area contributed by atoms with E-state index < -0.39 is 5.97 Å². The summed E-state index contributed by atoms with van der Waals surface area (Å²) in [6, 6.07) is 2.12. The predicted octanol–water partition coefficient (Wildman–Crippen LogP) is 1.37. The molecule has 1 saturated heterocycles. The molecule has 0 bridgehead atoms. The minimum Gasteiger partial charge on any atom is -0.462 e. The van der Waals surface area contributed by atoms with Crippen LogP contribution < -0.4 is 10.6 Å². The molecule has 2 heterocycles. The lowest BCUT2D eigenvalue weighted by atomic mass is 10.0. The normalized spacial score (nSPS) is 19.3. The molecule has 6 heteroatoms. The Bertz CT molecular complexity index is 506. The van der Waals surface area contributed by atoms with Crippen LogP contribution in [0.4, 0.5) is 11.5 Å². The molecule has 1 aliphatic rings. The van der Waals surface area contributed by atoms with Crippen molar-refractivity contribution in [1.29, 1.82) is 0 Å². The number of pyridine rings is 1. The van der Waals surface area contributed by atoms with Crippen LogP contribution in [0.3, 0.4) is 0 Å². The fourth-order valence-electron chi connectivity index (χ4n) is 2.68. The Morgan fingerprint density at radius 2 is 2.38 bits per heavy atom. The number of ether oxygens (including phenoxy) is 1. The van der Waals surface area contributed by atoms with Crippen molar-refractivity contribution >= 4 is 17.5 Å². The summed E-state index contributed by atoms with van der Waals surface area (Å²) in [5, 5.41) is 0. The Morgan fingerprint density at radius 1 is 1.62 bits per heavy atom. The molecule has 0 aliphatic carbocycles. The molecule has 0 amide bonds. The van der Waals surface area contributed by atoms with Crippen molar-refractivity contribution in [3.05, 3.63) is 17.8 Å². The molecule has 1 atom stereocenters. The number of esters is 1. The molecule has 1 aromatic rings. The van der Waals surface area contributed by atoms with Gasteiger partial charge in [-0.25, -0.2) is 9.78 Å². The van der Waals surface area contributed by atoms with Gasteiger partial charge < -0.3 is 20.3 Å². The Morgan fingerprint density at radius 3 is 3.05 bits per heavy atom. The van der Waals surface area contributed by atoms with Gasteiger partial charge in [0.2, 0.25) is 0 Å². The summed E-state index contributed by atoms with van der Waals surface area (Å²) in [5.41, 5.74) is 6.57. The van der Waals surface area contributed by atoms with Gasteiger partial charge in [-0.15, -0.1) is 0 Å². The molecule has 0 aromatic carbocycles. The van der Waals surface area contributed by atoms with Crippen molar-refractivity contribution in [2.75, 3.05) is 44.4 Å². The highest BCUT2D eigenvalue weighted by Gasteiger charge is 2.23. The molecule has 21 heavy (non-hydrogen) atoms. The average Bonchev–Trinajstić information content (AvgIpc) is 2.47. The summed E-state index contributed by atoms with van der Waals surface area (Å²) in [7, 11) is 4.14. The largest absolute Gasteiger partial charge is 0.462 e. The molecule has 1 aliphatic heterocycles. The minimum atomic E-state index is -0.396. The molecule has 2 N–H and O–H groups in total. The van der Waals surface area contributed by atoms with E-state index in [2.05, 4.69) is 21.8 Å². The van der Waals surface area contributed by atoms with Gasteiger partial charge in [0.1, 0.15) is 5.82 Å². The fourth-order valence-corrected chi connectivity index (χ4v) is 2.68. The van der Waals surface area contributed by atoms with Crippen molar-refractivity contribution < 1.29 is 9.53 Å². The van der Waals surface area contributed by atoms with Gasteiger partial charge in [-0.3, -0.25) is 0 Å². The summed E-state index contributed by atoms with van der Waals surface area (Å²) in [5.74, 6) is 0.361. The zero-order valence-corrected chi connectivity index (χ0v) is 13.0. The summed E-state index contributed by atoms with van der Waals surface area (Å²) in [4.78, 5) is 20.7. The van der Waals surface area contributed by atoms with Crippen LogP contribution in [0.1, 0.15) is 30.1 Å². The zero-order valence-electron chi connectivity index (χ0n) is 13.0. The maximum Gasteiger partial charge on any atom is 0.340 e. The summed E-state index contributed by atoms with van der Waals surface area (Å²) in [6.07, 6.45) is 3.83. The first-order chi connectivity index (χ1) is 10.0. The van der Waals surface area contributed by atoms with Gasteiger partial charge >= 0.3 is 5.97 Å². The quantitative estimate of drug-likeness (QED) is 0.845. The van der Waals surface area contributed by atoms with Gasteiger partial charge in [0.15, 0.2) is 0 Å². The maximum atomic E-state index is 11.9. The number of carbonyl (C=O) groups is 1. The third-order valence-corrected chi connectivity index (χ3v) is 3.92. The third-order valence-electron chi connectivity index (χ3n) is 3.92. The molecule has 6 nitrogen and oxygen atoms in total. The lowest BCUT2D eigenvalue weighted by Gasteiger charge is -2.36. The van der Waals surface area contributed by atoms with E-state index in [-0.39, 0.29) is 0 Å². The maximum absolute atomic E-state index is 11.9. The summed E-state index contributed by atoms with van der Waals surface area (Å²) in [6.45, 7) is 4.24. The zero-order chi connectivity index (χ0) is 15.4. The molecule has 1 aromatic heterocycles. The number of rotatable bonds is 4. The van der Waals surface area contributed by atoms with Gasteiger partial charge in [0.05, 0.1) is 24.1 Å². The molecule has 1 fully saturated rings. The first-order valence-corrected chi connectivity index (χ1v) is 7.37. The van der Waals surface area contributed by atoms with Crippen LogP contribution in [0, 0.1) is 0 Å². The van der Waals surface area contributed by atoms with Crippen molar-refractivity contribution in [2.24, 2.45) is 0 Å². The highest BCUT2D eigenvalue weighted by atomic mass is 16.5. The number of hydrogen-bond donors (Lipinski definition) is 1. The van der Waals surface area contributed by atoms with Crippen LogP contribution in [0.15, 0.2) is 12.3 Å². The molecule has 0 saturated carbocycles. The second-order valence-corrected chi connectivity index (χ2v) is 5.52. The Balaban J connectivity index is 2.19. The Kier molecular flexibility index (Phi) is 5.01. The number of aromatic nitrogens is 1. The second kappa shape index (κ2) is 6.76. The van der Waals surface area contributed by atoms with Crippen molar-refractivity contribution in [3.8, 4) is 0 Å². The standard InChI is InChI=1S/C15H24N4O2/c1-4-21-15(20)12-8-14(17-9-13(12)16)19(3)11-6-5-7-18(2)10-11/h8-9,11H,4-7,10,16H2,1-3H3. The number of likely N-dealkylation sites (tertiary alicyclic amines) is 1. The van der Waals surface area contributed by atoms with E-state index in [1.807, 2.05) is 7.05 Å². The lowest BCUT2D eigenvalue weighted by molar-refractivity contribution is 0.0527. The predicted molar refractivity (Wildman–Crippen MR) is 83.5 cm³/mol. The van der Waals surface area contributed by atoms with Crippen LogP contribution in [0.5, 0.6) is 0 Å². The average molecular weight is 292 g/mol. The number of hydrogen-bond acceptors (Lipinski definition) is 6.